The fourth-order valence-electron chi connectivity index (χ4n) is 2.01. The van der Waals surface area contributed by atoms with E-state index < -0.39 is 5.91 Å². The number of hydrogen-bond acceptors (Lipinski definition) is 3. The number of carbonyl (C=O) groups excluding carboxylic acids is 1. The molecule has 2 rings (SSSR count). The molecule has 2 N–H and O–H groups in total. The molecule has 0 saturated carbocycles. The molecular formula is C18H16ClN3O. The van der Waals surface area contributed by atoms with Gasteiger partial charge < -0.3 is 10.6 Å². The summed E-state index contributed by atoms with van der Waals surface area (Å²) in [5.41, 5.74) is 2.78. The van der Waals surface area contributed by atoms with Crippen molar-refractivity contribution < 1.29 is 4.79 Å². The average molecular weight is 326 g/mol. The molecule has 0 fully saturated rings. The van der Waals surface area contributed by atoms with E-state index in [1.54, 1.807) is 24.3 Å². The van der Waals surface area contributed by atoms with Gasteiger partial charge in [-0.3, -0.25) is 4.79 Å². The largest absolute Gasteiger partial charge is 0.386 e. The summed E-state index contributed by atoms with van der Waals surface area (Å²) in [4.78, 5) is 12.1. The topological polar surface area (TPSA) is 64.9 Å². The lowest BCUT2D eigenvalue weighted by Crippen LogP contribution is -2.16. The standard InChI is InChI=1S/C18H16ClN3O/c1-13-4-2-5-14(8-13)11-21-12-15(10-20)18(23)22-17-7-3-6-16(19)9-17/h2-9,12,21H,11H2,1H3,(H,22,23)/b15-12-. The molecule has 5 heteroatoms. The van der Waals surface area contributed by atoms with Crippen LogP contribution in [0.4, 0.5) is 5.69 Å². The second-order valence-electron chi connectivity index (χ2n) is 5.00. The Balaban J connectivity index is 1.98. The highest BCUT2D eigenvalue weighted by Gasteiger charge is 2.09. The van der Waals surface area contributed by atoms with Crippen molar-refractivity contribution in [2.24, 2.45) is 0 Å². The summed E-state index contributed by atoms with van der Waals surface area (Å²) in [6.45, 7) is 2.55. The molecule has 4 nitrogen and oxygen atoms in total. The van der Waals surface area contributed by atoms with Gasteiger partial charge in [-0.25, -0.2) is 0 Å². The lowest BCUT2D eigenvalue weighted by Gasteiger charge is -2.06. The Morgan fingerprint density at radius 1 is 1.26 bits per heavy atom. The molecule has 0 spiro atoms. The third-order valence-electron chi connectivity index (χ3n) is 3.08. The number of rotatable bonds is 5. The molecule has 0 aliphatic heterocycles. The van der Waals surface area contributed by atoms with Crippen molar-refractivity contribution in [1.82, 2.24) is 5.32 Å². The van der Waals surface area contributed by atoms with E-state index in [-0.39, 0.29) is 5.57 Å². The van der Waals surface area contributed by atoms with E-state index in [0.717, 1.165) is 11.1 Å². The van der Waals surface area contributed by atoms with Crippen molar-refractivity contribution in [2.45, 2.75) is 13.5 Å². The molecule has 0 radical (unpaired) electrons. The molecule has 0 atom stereocenters. The summed E-state index contributed by atoms with van der Waals surface area (Å²) in [6, 6.07) is 16.6. The third-order valence-corrected chi connectivity index (χ3v) is 3.32. The fraction of sp³-hybridized carbons (Fsp3) is 0.111. The van der Waals surface area contributed by atoms with Crippen molar-refractivity contribution in [3.05, 3.63) is 76.5 Å². The van der Waals surface area contributed by atoms with Gasteiger partial charge in [0.15, 0.2) is 0 Å². The average Bonchev–Trinajstić information content (AvgIpc) is 2.51. The first-order valence-corrected chi connectivity index (χ1v) is 7.42. The Morgan fingerprint density at radius 2 is 2.04 bits per heavy atom. The summed E-state index contributed by atoms with van der Waals surface area (Å²) in [5, 5.41) is 15.3. The van der Waals surface area contributed by atoms with Crippen molar-refractivity contribution in [2.75, 3.05) is 5.32 Å². The van der Waals surface area contributed by atoms with Gasteiger partial charge in [-0.05, 0) is 30.7 Å². The molecule has 0 heterocycles. The zero-order valence-corrected chi connectivity index (χ0v) is 13.4. The Morgan fingerprint density at radius 3 is 2.74 bits per heavy atom. The minimum absolute atomic E-state index is 0.00220. The molecular weight excluding hydrogens is 310 g/mol. The molecule has 2 aromatic carbocycles. The normalized spacial score (nSPS) is 10.7. The van der Waals surface area contributed by atoms with Gasteiger partial charge in [0.1, 0.15) is 11.6 Å². The highest BCUT2D eigenvalue weighted by atomic mass is 35.5. The quantitative estimate of drug-likeness (QED) is 0.649. The highest BCUT2D eigenvalue weighted by Crippen LogP contribution is 2.15. The van der Waals surface area contributed by atoms with Gasteiger partial charge in [0.2, 0.25) is 0 Å². The van der Waals surface area contributed by atoms with Gasteiger partial charge in [-0.15, -0.1) is 0 Å². The monoisotopic (exact) mass is 325 g/mol. The van der Waals surface area contributed by atoms with Crippen LogP contribution in [0.25, 0.3) is 0 Å². The van der Waals surface area contributed by atoms with Crippen molar-refractivity contribution in [3.63, 3.8) is 0 Å². The Kier molecular flexibility index (Phi) is 5.79. The number of amides is 1. The number of hydrogen-bond donors (Lipinski definition) is 2. The molecule has 0 aliphatic rings. The number of aryl methyl sites for hydroxylation is 1. The number of nitrogens with one attached hydrogen (secondary N) is 2. The number of anilines is 1. The van der Waals surface area contributed by atoms with Crippen molar-refractivity contribution in [1.29, 1.82) is 5.26 Å². The molecule has 23 heavy (non-hydrogen) atoms. The maximum absolute atomic E-state index is 12.1. The molecule has 0 unspecified atom stereocenters. The van der Waals surface area contributed by atoms with Gasteiger partial charge in [0.05, 0.1) is 0 Å². The lowest BCUT2D eigenvalue weighted by molar-refractivity contribution is -0.112. The van der Waals surface area contributed by atoms with E-state index in [9.17, 15) is 4.79 Å². The number of nitrogens with zero attached hydrogens (tertiary/aromatic N) is 1. The van der Waals surface area contributed by atoms with Crippen LogP contribution in [0, 0.1) is 18.3 Å². The van der Waals surface area contributed by atoms with Crippen LogP contribution in [0.15, 0.2) is 60.3 Å². The first kappa shape index (κ1) is 16.6. The summed E-state index contributed by atoms with van der Waals surface area (Å²) < 4.78 is 0. The van der Waals surface area contributed by atoms with E-state index in [1.807, 2.05) is 37.3 Å². The lowest BCUT2D eigenvalue weighted by atomic mass is 10.1. The van der Waals surface area contributed by atoms with Crippen LogP contribution in [0.5, 0.6) is 0 Å². The Bertz CT molecular complexity index is 778. The second-order valence-corrected chi connectivity index (χ2v) is 5.44. The summed E-state index contributed by atoms with van der Waals surface area (Å²) in [6.07, 6.45) is 1.42. The summed E-state index contributed by atoms with van der Waals surface area (Å²) >= 11 is 5.86. The molecule has 116 valence electrons. The van der Waals surface area contributed by atoms with Crippen LogP contribution < -0.4 is 10.6 Å². The summed E-state index contributed by atoms with van der Waals surface area (Å²) in [7, 11) is 0. The molecule has 0 bridgehead atoms. The molecule has 2 aromatic rings. The zero-order chi connectivity index (χ0) is 16.7. The van der Waals surface area contributed by atoms with Crippen LogP contribution >= 0.6 is 11.6 Å². The Labute approximate surface area is 140 Å². The molecule has 0 aromatic heterocycles. The van der Waals surface area contributed by atoms with Crippen LogP contribution in [0.3, 0.4) is 0 Å². The maximum atomic E-state index is 12.1. The van der Waals surface area contributed by atoms with Crippen molar-refractivity contribution in [3.8, 4) is 6.07 Å². The molecule has 0 saturated heterocycles. The number of halogens is 1. The van der Waals surface area contributed by atoms with Gasteiger partial charge in [0, 0.05) is 23.5 Å². The second kappa shape index (κ2) is 8.02. The fourth-order valence-corrected chi connectivity index (χ4v) is 2.20. The number of benzene rings is 2. The zero-order valence-electron chi connectivity index (χ0n) is 12.6. The van der Waals surface area contributed by atoms with E-state index in [2.05, 4.69) is 10.6 Å². The smallest absolute Gasteiger partial charge is 0.267 e. The van der Waals surface area contributed by atoms with E-state index in [4.69, 9.17) is 16.9 Å². The van der Waals surface area contributed by atoms with Crippen LogP contribution in [-0.4, -0.2) is 5.91 Å². The van der Waals surface area contributed by atoms with Gasteiger partial charge >= 0.3 is 0 Å². The predicted molar refractivity (Wildman–Crippen MR) is 91.8 cm³/mol. The molecule has 0 aliphatic carbocycles. The van der Waals surface area contributed by atoms with Crippen molar-refractivity contribution >= 4 is 23.2 Å². The van der Waals surface area contributed by atoms with Crippen LogP contribution in [0.1, 0.15) is 11.1 Å². The van der Waals surface area contributed by atoms with Gasteiger partial charge in [-0.2, -0.15) is 5.26 Å². The first-order valence-electron chi connectivity index (χ1n) is 7.04. The van der Waals surface area contributed by atoms with Gasteiger partial charge in [-0.1, -0.05) is 47.5 Å². The predicted octanol–water partition coefficient (Wildman–Crippen LogP) is 3.78. The number of carbonyl (C=O) groups is 1. The first-order chi connectivity index (χ1) is 11.1. The number of nitriles is 1. The Hall–Kier alpha value is -2.77. The third kappa shape index (κ3) is 5.17. The van der Waals surface area contributed by atoms with E-state index in [1.165, 1.54) is 6.20 Å². The van der Waals surface area contributed by atoms with Crippen LogP contribution in [0.2, 0.25) is 5.02 Å². The van der Waals surface area contributed by atoms with Crippen LogP contribution in [-0.2, 0) is 11.3 Å². The SMILES string of the molecule is Cc1cccc(CN/C=C(/C#N)C(=O)Nc2cccc(Cl)c2)c1. The van der Waals surface area contributed by atoms with E-state index in [0.29, 0.717) is 17.3 Å². The minimum Gasteiger partial charge on any atom is -0.386 e. The summed E-state index contributed by atoms with van der Waals surface area (Å²) in [5.74, 6) is -0.480. The minimum atomic E-state index is -0.480. The highest BCUT2D eigenvalue weighted by molar-refractivity contribution is 6.31. The maximum Gasteiger partial charge on any atom is 0.267 e. The van der Waals surface area contributed by atoms with Gasteiger partial charge in [0.25, 0.3) is 5.91 Å². The molecule has 1 amide bonds. The van der Waals surface area contributed by atoms with E-state index >= 15 is 0 Å².